The summed E-state index contributed by atoms with van der Waals surface area (Å²) in [7, 11) is 0. The number of nitrogens with zero attached hydrogens (tertiary/aromatic N) is 3. The van der Waals surface area contributed by atoms with E-state index in [-0.39, 0.29) is 24.4 Å². The van der Waals surface area contributed by atoms with Gasteiger partial charge in [-0.15, -0.1) is 0 Å². The molecule has 2 rings (SSSR count). The number of halogens is 1. The van der Waals surface area contributed by atoms with E-state index in [4.69, 9.17) is 4.74 Å². The fourth-order valence-electron chi connectivity index (χ4n) is 2.16. The van der Waals surface area contributed by atoms with Gasteiger partial charge in [-0.1, -0.05) is 0 Å². The minimum atomic E-state index is -0.448. The summed E-state index contributed by atoms with van der Waals surface area (Å²) >= 11 is 3.39. The third kappa shape index (κ3) is 2.77. The maximum atomic E-state index is 10.9. The summed E-state index contributed by atoms with van der Waals surface area (Å²) in [5.74, 6) is 0.641. The first kappa shape index (κ1) is 15.1. The van der Waals surface area contributed by atoms with Gasteiger partial charge in [-0.05, 0) is 29.8 Å². The number of hydrogen-bond donors (Lipinski definition) is 1. The van der Waals surface area contributed by atoms with E-state index in [1.807, 2.05) is 11.8 Å². The molecule has 0 saturated carbocycles. The normalized spacial score (nSPS) is 22.9. The lowest BCUT2D eigenvalue weighted by Crippen LogP contribution is -2.50. The molecule has 1 aromatic rings. The first-order valence-corrected chi connectivity index (χ1v) is 7.03. The number of ether oxygens (including phenoxy) is 1. The van der Waals surface area contributed by atoms with Gasteiger partial charge in [0.2, 0.25) is 0 Å². The molecule has 0 amide bonds. The lowest BCUT2D eigenvalue weighted by molar-refractivity contribution is -0.385. The Hall–Kier alpha value is -1.25. The van der Waals surface area contributed by atoms with Crippen molar-refractivity contribution in [2.75, 3.05) is 24.7 Å². The summed E-state index contributed by atoms with van der Waals surface area (Å²) in [6.45, 7) is 4.59. The van der Waals surface area contributed by atoms with E-state index in [0.717, 1.165) is 0 Å². The van der Waals surface area contributed by atoms with Gasteiger partial charge in [-0.3, -0.25) is 10.1 Å². The van der Waals surface area contributed by atoms with Crippen molar-refractivity contribution in [2.24, 2.45) is 0 Å². The van der Waals surface area contributed by atoms with E-state index in [9.17, 15) is 15.2 Å². The molecule has 1 aromatic heterocycles. The molecule has 1 aliphatic heterocycles. The number of rotatable bonds is 3. The fourth-order valence-corrected chi connectivity index (χ4v) is 2.70. The molecular weight excluding hydrogens is 330 g/mol. The number of hydrogen-bond acceptors (Lipinski definition) is 6. The molecule has 2 heterocycles. The number of morpholine rings is 1. The van der Waals surface area contributed by atoms with Crippen LogP contribution < -0.4 is 4.90 Å². The van der Waals surface area contributed by atoms with Crippen LogP contribution >= 0.6 is 15.9 Å². The van der Waals surface area contributed by atoms with Crippen molar-refractivity contribution in [1.29, 1.82) is 0 Å². The topological polar surface area (TPSA) is 88.7 Å². The third-order valence-corrected chi connectivity index (χ3v) is 4.35. The van der Waals surface area contributed by atoms with Gasteiger partial charge in [-0.2, -0.15) is 0 Å². The van der Waals surface area contributed by atoms with Crippen molar-refractivity contribution in [2.45, 2.75) is 26.0 Å². The number of aliphatic hydroxyl groups is 1. The fraction of sp³-hybridized carbons (Fsp3) is 0.583. The van der Waals surface area contributed by atoms with E-state index in [1.54, 1.807) is 6.92 Å². The van der Waals surface area contributed by atoms with Crippen LogP contribution in [0.3, 0.4) is 0 Å². The van der Waals surface area contributed by atoms with Crippen molar-refractivity contribution >= 4 is 27.4 Å². The summed E-state index contributed by atoms with van der Waals surface area (Å²) in [5, 5.41) is 20.1. The Morgan fingerprint density at radius 3 is 3.00 bits per heavy atom. The summed E-state index contributed by atoms with van der Waals surface area (Å²) in [4.78, 5) is 16.6. The summed E-state index contributed by atoms with van der Waals surface area (Å²) in [6, 6.07) is 0.0856. The second-order valence-electron chi connectivity index (χ2n) is 4.80. The molecule has 0 aliphatic carbocycles. The van der Waals surface area contributed by atoms with Gasteiger partial charge in [0.15, 0.2) is 0 Å². The Kier molecular flexibility index (Phi) is 4.56. The highest BCUT2D eigenvalue weighted by Crippen LogP contribution is 2.34. The predicted molar refractivity (Wildman–Crippen MR) is 77.0 cm³/mol. The molecule has 0 aromatic carbocycles. The largest absolute Gasteiger partial charge is 0.394 e. The van der Waals surface area contributed by atoms with Crippen molar-refractivity contribution in [3.63, 3.8) is 0 Å². The van der Waals surface area contributed by atoms with Crippen molar-refractivity contribution in [3.05, 3.63) is 26.3 Å². The molecular formula is C12H16BrN3O4. The zero-order valence-electron chi connectivity index (χ0n) is 11.2. The smallest absolute Gasteiger partial charge is 0.291 e. The molecule has 8 heteroatoms. The monoisotopic (exact) mass is 345 g/mol. The van der Waals surface area contributed by atoms with Crippen LogP contribution in [0, 0.1) is 17.0 Å². The van der Waals surface area contributed by atoms with Crippen molar-refractivity contribution < 1.29 is 14.8 Å². The van der Waals surface area contributed by atoms with E-state index in [2.05, 4.69) is 20.9 Å². The van der Waals surface area contributed by atoms with Gasteiger partial charge in [0.05, 0.1) is 34.8 Å². The van der Waals surface area contributed by atoms with Crippen LogP contribution in [0.4, 0.5) is 11.5 Å². The Labute approximate surface area is 124 Å². The van der Waals surface area contributed by atoms with E-state index >= 15 is 0 Å². The van der Waals surface area contributed by atoms with Crippen LogP contribution in [0.5, 0.6) is 0 Å². The molecule has 2 atom stereocenters. The van der Waals surface area contributed by atoms with Gasteiger partial charge in [-0.25, -0.2) is 4.98 Å². The molecule has 2 unspecified atom stereocenters. The Balaban J connectivity index is 2.37. The maximum Gasteiger partial charge on any atom is 0.291 e. The molecule has 20 heavy (non-hydrogen) atoms. The molecule has 0 spiro atoms. The number of anilines is 1. The van der Waals surface area contributed by atoms with Gasteiger partial charge >= 0.3 is 0 Å². The van der Waals surface area contributed by atoms with Gasteiger partial charge in [0, 0.05) is 12.1 Å². The quantitative estimate of drug-likeness (QED) is 0.661. The molecule has 1 N–H and O–H groups in total. The van der Waals surface area contributed by atoms with Crippen LogP contribution in [0.15, 0.2) is 10.7 Å². The van der Waals surface area contributed by atoms with Crippen LogP contribution in [0.2, 0.25) is 0 Å². The second kappa shape index (κ2) is 6.02. The summed E-state index contributed by atoms with van der Waals surface area (Å²) in [5.41, 5.74) is 0.527. The molecule has 0 bridgehead atoms. The maximum absolute atomic E-state index is 10.9. The van der Waals surface area contributed by atoms with Crippen LogP contribution in [-0.2, 0) is 4.74 Å². The van der Waals surface area contributed by atoms with E-state index in [1.165, 1.54) is 6.20 Å². The zero-order chi connectivity index (χ0) is 14.9. The lowest BCUT2D eigenvalue weighted by atomic mass is 10.1. The second-order valence-corrected chi connectivity index (χ2v) is 5.60. The Morgan fingerprint density at radius 1 is 1.70 bits per heavy atom. The third-order valence-electron chi connectivity index (χ3n) is 3.40. The van der Waals surface area contributed by atoms with Crippen molar-refractivity contribution in [1.82, 2.24) is 4.98 Å². The Bertz CT molecular complexity index is 526. The van der Waals surface area contributed by atoms with Crippen LogP contribution in [0.1, 0.15) is 12.5 Å². The molecule has 0 radical (unpaired) electrons. The van der Waals surface area contributed by atoms with Crippen LogP contribution in [0.25, 0.3) is 0 Å². The van der Waals surface area contributed by atoms with Crippen molar-refractivity contribution in [3.8, 4) is 0 Å². The molecule has 1 saturated heterocycles. The summed E-state index contributed by atoms with van der Waals surface area (Å²) in [6.07, 6.45) is 1.00. The van der Waals surface area contributed by atoms with E-state index < -0.39 is 4.92 Å². The lowest BCUT2D eigenvalue weighted by Gasteiger charge is -2.38. The zero-order valence-corrected chi connectivity index (χ0v) is 12.8. The highest BCUT2D eigenvalue weighted by atomic mass is 79.9. The highest BCUT2D eigenvalue weighted by Gasteiger charge is 2.29. The number of aliphatic hydroxyl groups excluding tert-OH is 1. The number of pyridine rings is 1. The van der Waals surface area contributed by atoms with E-state index in [0.29, 0.717) is 29.0 Å². The van der Waals surface area contributed by atoms with Crippen LogP contribution in [-0.4, -0.2) is 46.9 Å². The minimum Gasteiger partial charge on any atom is -0.394 e. The minimum absolute atomic E-state index is 0.0137. The Morgan fingerprint density at radius 2 is 2.40 bits per heavy atom. The highest BCUT2D eigenvalue weighted by molar-refractivity contribution is 9.10. The van der Waals surface area contributed by atoms with Gasteiger partial charge in [0.25, 0.3) is 5.69 Å². The van der Waals surface area contributed by atoms with Gasteiger partial charge in [0.1, 0.15) is 12.0 Å². The first-order chi connectivity index (χ1) is 9.45. The predicted octanol–water partition coefficient (Wildman–Crippen LogP) is 1.65. The molecule has 7 nitrogen and oxygen atoms in total. The average Bonchev–Trinajstić information content (AvgIpc) is 2.42. The molecule has 1 aliphatic rings. The van der Waals surface area contributed by atoms with Gasteiger partial charge < -0.3 is 14.7 Å². The average molecular weight is 346 g/mol. The number of aromatic nitrogens is 1. The SMILES string of the molecule is Cc1c([N+](=O)[O-])cnc(N2CC(CO)OCC2C)c1Br. The molecule has 110 valence electrons. The summed E-state index contributed by atoms with van der Waals surface area (Å²) < 4.78 is 6.09. The molecule has 1 fully saturated rings. The standard InChI is InChI=1S/C12H16BrN3O4/c1-7-6-20-9(5-17)4-15(7)12-11(13)8(2)10(3-14-12)16(18)19/h3,7,9,17H,4-6H2,1-2H3. The first-order valence-electron chi connectivity index (χ1n) is 6.24. The number of nitro groups is 1.